The Morgan fingerprint density at radius 2 is 2.00 bits per heavy atom. The third kappa shape index (κ3) is 4.89. The van der Waals surface area contributed by atoms with E-state index in [1.807, 2.05) is 18.7 Å². The third-order valence-electron chi connectivity index (χ3n) is 3.31. The maximum Gasteiger partial charge on any atom is 0.320 e. The number of urea groups is 1. The minimum Gasteiger partial charge on any atom is -0.481 e. The van der Waals surface area contributed by atoms with Crippen LogP contribution in [0.1, 0.15) is 34.1 Å². The minimum atomic E-state index is -0.838. The van der Waals surface area contributed by atoms with E-state index in [0.717, 1.165) is 5.75 Å². The number of carbonyl (C=O) groups is 2. The highest BCUT2D eigenvalue weighted by Gasteiger charge is 2.32. The van der Waals surface area contributed by atoms with Crippen molar-refractivity contribution in [2.45, 2.75) is 46.2 Å². The summed E-state index contributed by atoms with van der Waals surface area (Å²) in [7, 11) is 0. The molecule has 1 rings (SSSR count). The summed E-state index contributed by atoms with van der Waals surface area (Å²) in [5, 5.41) is 9.00. The lowest BCUT2D eigenvalue weighted by molar-refractivity contribution is -0.138. The van der Waals surface area contributed by atoms with Crippen LogP contribution in [0.25, 0.3) is 0 Å². The number of amides is 2. The molecule has 1 unspecified atom stereocenters. The minimum absolute atomic E-state index is 0.0137. The van der Waals surface area contributed by atoms with Gasteiger partial charge in [-0.25, -0.2) is 4.79 Å². The Morgan fingerprint density at radius 3 is 2.50 bits per heavy atom. The number of carboxylic acid groups (broad SMARTS) is 1. The van der Waals surface area contributed by atoms with Gasteiger partial charge < -0.3 is 14.9 Å². The normalized spacial score (nSPS) is 19.5. The first-order valence-electron chi connectivity index (χ1n) is 7.19. The zero-order chi connectivity index (χ0) is 15.3. The number of carboxylic acids is 1. The van der Waals surface area contributed by atoms with Gasteiger partial charge in [0.1, 0.15) is 0 Å². The van der Waals surface area contributed by atoms with Crippen molar-refractivity contribution in [2.75, 3.05) is 24.6 Å². The molecule has 1 heterocycles. The van der Waals surface area contributed by atoms with Crippen LogP contribution in [-0.4, -0.2) is 63.6 Å². The standard InChI is InChI=1S/C14H26N2O3S/c1-10(2)8-16(11(3)4)14(19)15-5-6-20-9-12(15)7-13(17)18/h10-12H,5-9H2,1-4H3,(H,17,18). The average Bonchev–Trinajstić information content (AvgIpc) is 2.34. The molecule has 5 nitrogen and oxygen atoms in total. The maximum atomic E-state index is 12.7. The first-order chi connectivity index (χ1) is 9.32. The summed E-state index contributed by atoms with van der Waals surface area (Å²) in [6, 6.07) is -0.0719. The summed E-state index contributed by atoms with van der Waals surface area (Å²) in [5.41, 5.74) is 0. The molecule has 6 heteroatoms. The molecule has 1 saturated heterocycles. The summed E-state index contributed by atoms with van der Waals surface area (Å²) in [4.78, 5) is 27.3. The molecule has 0 saturated carbocycles. The second-order valence-corrected chi connectivity index (χ2v) is 7.09. The third-order valence-corrected chi connectivity index (χ3v) is 4.41. The predicted molar refractivity (Wildman–Crippen MR) is 82.1 cm³/mol. The molecule has 0 aromatic rings. The largest absolute Gasteiger partial charge is 0.481 e. The molecule has 1 fully saturated rings. The Balaban J connectivity index is 2.80. The molecular weight excluding hydrogens is 276 g/mol. The van der Waals surface area contributed by atoms with E-state index in [9.17, 15) is 9.59 Å². The molecule has 1 aliphatic rings. The van der Waals surface area contributed by atoms with Crippen LogP contribution in [0.4, 0.5) is 4.79 Å². The van der Waals surface area contributed by atoms with Crippen molar-refractivity contribution in [1.82, 2.24) is 9.80 Å². The highest BCUT2D eigenvalue weighted by atomic mass is 32.2. The Morgan fingerprint density at radius 1 is 1.35 bits per heavy atom. The Kier molecular flexibility index (Phi) is 6.65. The SMILES string of the molecule is CC(C)CN(C(=O)N1CCSCC1CC(=O)O)C(C)C. The molecule has 2 amide bonds. The van der Waals surface area contributed by atoms with Gasteiger partial charge in [0.25, 0.3) is 0 Å². The molecule has 1 atom stereocenters. The number of aliphatic carboxylic acids is 1. The van der Waals surface area contributed by atoms with Crippen LogP contribution in [0.3, 0.4) is 0 Å². The lowest BCUT2D eigenvalue weighted by Crippen LogP contribution is -2.54. The molecule has 0 bridgehead atoms. The Bertz CT molecular complexity index is 347. The van der Waals surface area contributed by atoms with Crippen LogP contribution in [0.2, 0.25) is 0 Å². The lowest BCUT2D eigenvalue weighted by atomic mass is 10.1. The number of thioether (sulfide) groups is 1. The summed E-state index contributed by atoms with van der Waals surface area (Å²) in [6.45, 7) is 9.53. The van der Waals surface area contributed by atoms with Crippen LogP contribution < -0.4 is 0 Å². The predicted octanol–water partition coefficient (Wildman–Crippen LogP) is 2.36. The molecule has 1 aliphatic heterocycles. The van der Waals surface area contributed by atoms with Crippen molar-refractivity contribution < 1.29 is 14.7 Å². The molecular formula is C14H26N2O3S. The first kappa shape index (κ1) is 17.1. The molecule has 0 aromatic heterocycles. The van der Waals surface area contributed by atoms with Gasteiger partial charge in [-0.2, -0.15) is 11.8 Å². The van der Waals surface area contributed by atoms with Crippen molar-refractivity contribution in [3.8, 4) is 0 Å². The Hall–Kier alpha value is -0.910. The average molecular weight is 302 g/mol. The Labute approximate surface area is 125 Å². The molecule has 0 radical (unpaired) electrons. The van der Waals surface area contributed by atoms with Crippen LogP contribution in [0.15, 0.2) is 0 Å². The number of carbonyl (C=O) groups excluding carboxylic acids is 1. The van der Waals surface area contributed by atoms with Crippen molar-refractivity contribution in [3.05, 3.63) is 0 Å². The van der Waals surface area contributed by atoms with E-state index in [4.69, 9.17) is 5.11 Å². The number of rotatable bonds is 5. The fourth-order valence-corrected chi connectivity index (χ4v) is 3.41. The maximum absolute atomic E-state index is 12.7. The molecule has 0 aromatic carbocycles. The van der Waals surface area contributed by atoms with Gasteiger partial charge in [0, 0.05) is 30.6 Å². The van der Waals surface area contributed by atoms with E-state index >= 15 is 0 Å². The van der Waals surface area contributed by atoms with Crippen LogP contribution in [0, 0.1) is 5.92 Å². The highest BCUT2D eigenvalue weighted by Crippen LogP contribution is 2.21. The quantitative estimate of drug-likeness (QED) is 0.847. The van der Waals surface area contributed by atoms with E-state index in [2.05, 4.69) is 13.8 Å². The van der Waals surface area contributed by atoms with Gasteiger partial charge in [-0.05, 0) is 19.8 Å². The summed E-state index contributed by atoms with van der Waals surface area (Å²) in [5.74, 6) is 1.16. The number of hydrogen-bond acceptors (Lipinski definition) is 3. The fraction of sp³-hybridized carbons (Fsp3) is 0.857. The molecule has 1 N–H and O–H groups in total. The van der Waals surface area contributed by atoms with E-state index in [1.165, 1.54) is 0 Å². The van der Waals surface area contributed by atoms with E-state index in [1.54, 1.807) is 16.7 Å². The van der Waals surface area contributed by atoms with Gasteiger partial charge in [0.2, 0.25) is 0 Å². The summed E-state index contributed by atoms with van der Waals surface area (Å²) < 4.78 is 0. The van der Waals surface area contributed by atoms with Gasteiger partial charge in [-0.1, -0.05) is 13.8 Å². The zero-order valence-corrected chi connectivity index (χ0v) is 13.7. The molecule has 20 heavy (non-hydrogen) atoms. The molecule has 0 spiro atoms. The van der Waals surface area contributed by atoms with Crippen LogP contribution in [-0.2, 0) is 4.79 Å². The highest BCUT2D eigenvalue weighted by molar-refractivity contribution is 7.99. The summed E-state index contributed by atoms with van der Waals surface area (Å²) >= 11 is 1.72. The second-order valence-electron chi connectivity index (χ2n) is 5.94. The van der Waals surface area contributed by atoms with Crippen molar-refractivity contribution in [2.24, 2.45) is 5.92 Å². The van der Waals surface area contributed by atoms with Crippen molar-refractivity contribution in [1.29, 1.82) is 0 Å². The topological polar surface area (TPSA) is 60.9 Å². The second kappa shape index (κ2) is 7.76. The van der Waals surface area contributed by atoms with Crippen LogP contribution >= 0.6 is 11.8 Å². The summed E-state index contributed by atoms with van der Waals surface area (Å²) in [6.07, 6.45) is 0.0341. The van der Waals surface area contributed by atoms with Gasteiger partial charge in [0.15, 0.2) is 0 Å². The number of nitrogens with zero attached hydrogens (tertiary/aromatic N) is 2. The van der Waals surface area contributed by atoms with Crippen molar-refractivity contribution in [3.63, 3.8) is 0 Å². The van der Waals surface area contributed by atoms with E-state index < -0.39 is 5.97 Å². The zero-order valence-electron chi connectivity index (χ0n) is 12.8. The van der Waals surface area contributed by atoms with E-state index in [0.29, 0.717) is 24.8 Å². The van der Waals surface area contributed by atoms with Gasteiger partial charge >= 0.3 is 12.0 Å². The van der Waals surface area contributed by atoms with E-state index in [-0.39, 0.29) is 24.5 Å². The smallest absolute Gasteiger partial charge is 0.320 e. The molecule has 116 valence electrons. The fourth-order valence-electron chi connectivity index (χ4n) is 2.35. The number of hydrogen-bond donors (Lipinski definition) is 1. The lowest BCUT2D eigenvalue weighted by Gasteiger charge is -2.40. The van der Waals surface area contributed by atoms with Crippen LogP contribution in [0.5, 0.6) is 0 Å². The monoisotopic (exact) mass is 302 g/mol. The van der Waals surface area contributed by atoms with Gasteiger partial charge in [0.05, 0.1) is 12.5 Å². The van der Waals surface area contributed by atoms with Crippen molar-refractivity contribution >= 4 is 23.8 Å². The van der Waals surface area contributed by atoms with Gasteiger partial charge in [-0.3, -0.25) is 4.79 Å². The van der Waals surface area contributed by atoms with Gasteiger partial charge in [-0.15, -0.1) is 0 Å². The first-order valence-corrected chi connectivity index (χ1v) is 8.35. The molecule has 0 aliphatic carbocycles.